The van der Waals surface area contributed by atoms with Crippen molar-refractivity contribution < 1.29 is 3.84 Å². The molecule has 0 spiro atoms. The van der Waals surface area contributed by atoms with Gasteiger partial charge in [0, 0.05) is 0 Å². The summed E-state index contributed by atoms with van der Waals surface area (Å²) >= 11 is 8.53. The van der Waals surface area contributed by atoms with Gasteiger partial charge in [-0.25, -0.2) is 0 Å². The van der Waals surface area contributed by atoms with E-state index in [1.807, 2.05) is 0 Å². The average Bonchev–Trinajstić information content (AvgIpc) is 1.71. The Labute approximate surface area is 61.3 Å². The maximum atomic E-state index is 4.26. The summed E-state index contributed by atoms with van der Waals surface area (Å²) in [6, 6.07) is 0. The molecule has 0 bridgehead atoms. The molecule has 0 saturated heterocycles. The Morgan fingerprint density at radius 1 is 1.12 bits per heavy atom. The predicted octanol–water partition coefficient (Wildman–Crippen LogP) is 3.51. The van der Waals surface area contributed by atoms with Gasteiger partial charge in [-0.2, -0.15) is 3.84 Å². The molecule has 0 fully saturated rings. The van der Waals surface area contributed by atoms with Crippen LogP contribution in [0.5, 0.6) is 0 Å². The molecule has 0 rings (SSSR count). The molecule has 52 valence electrons. The van der Waals surface area contributed by atoms with E-state index >= 15 is 0 Å². The van der Waals surface area contributed by atoms with Crippen molar-refractivity contribution in [2.24, 2.45) is 0 Å². The highest BCUT2D eigenvalue weighted by Gasteiger charge is 1.68. The zero-order valence-electron chi connectivity index (χ0n) is 5.29. The van der Waals surface area contributed by atoms with Gasteiger partial charge in [0.05, 0.1) is 23.7 Å². The Bertz CT molecular complexity index is 24.4. The minimum absolute atomic E-state index is 1.34. The Morgan fingerprint density at radius 3 is 1.38 bits per heavy atom. The molecular weight excluding hydrogens is 147 g/mol. The summed E-state index contributed by atoms with van der Waals surface area (Å²) in [5.74, 6) is 0. The second kappa shape index (κ2) is 15.6. The van der Waals surface area contributed by atoms with E-state index in [-0.39, 0.29) is 0 Å². The van der Waals surface area contributed by atoms with E-state index in [4.69, 9.17) is 0 Å². The van der Waals surface area contributed by atoms with Crippen LogP contribution < -0.4 is 0 Å². The zero-order valence-corrected chi connectivity index (χ0v) is 6.80. The van der Waals surface area contributed by atoms with E-state index in [0.717, 1.165) is 0 Å². The van der Waals surface area contributed by atoms with Crippen molar-refractivity contribution in [1.82, 2.24) is 0 Å². The second-order valence-corrected chi connectivity index (χ2v) is 1.88. The fraction of sp³-hybridized carbons (Fsp3) is 1.00. The first-order valence-corrected chi connectivity index (χ1v) is 3.34. The SMILES string of the molecule is CCCCC.ClOCl. The first-order chi connectivity index (χ1) is 3.83. The van der Waals surface area contributed by atoms with Crippen LogP contribution in [0.15, 0.2) is 0 Å². The molecule has 0 heterocycles. The van der Waals surface area contributed by atoms with Gasteiger partial charge < -0.3 is 0 Å². The molecule has 0 atom stereocenters. The van der Waals surface area contributed by atoms with Gasteiger partial charge in [0.1, 0.15) is 0 Å². The molecule has 0 aromatic heterocycles. The number of unbranched alkanes of at least 4 members (excludes halogenated alkanes) is 2. The lowest BCUT2D eigenvalue weighted by Gasteiger charge is -1.79. The summed E-state index contributed by atoms with van der Waals surface area (Å²) < 4.78 is 3.19. The number of rotatable bonds is 2. The van der Waals surface area contributed by atoms with Crippen LogP contribution in [-0.4, -0.2) is 0 Å². The molecule has 3 heteroatoms. The lowest BCUT2D eigenvalue weighted by Crippen LogP contribution is -1.59. The third-order valence-electron chi connectivity index (χ3n) is 0.707. The van der Waals surface area contributed by atoms with Gasteiger partial charge in [-0.15, -0.1) is 0 Å². The molecule has 0 radical (unpaired) electrons. The van der Waals surface area contributed by atoms with Gasteiger partial charge in [0.15, 0.2) is 0 Å². The number of hydrogen-bond donors (Lipinski definition) is 0. The number of halogens is 2. The Balaban J connectivity index is 0. The quantitative estimate of drug-likeness (QED) is 0.598. The molecule has 0 aromatic rings. The molecule has 8 heavy (non-hydrogen) atoms. The summed E-state index contributed by atoms with van der Waals surface area (Å²) in [7, 11) is 0. The van der Waals surface area contributed by atoms with Crippen LogP contribution in [-0.2, 0) is 3.84 Å². The van der Waals surface area contributed by atoms with Crippen LogP contribution in [0.3, 0.4) is 0 Å². The highest BCUT2D eigenvalue weighted by atomic mass is 35.6. The van der Waals surface area contributed by atoms with Crippen molar-refractivity contribution in [2.45, 2.75) is 33.1 Å². The second-order valence-electron chi connectivity index (χ2n) is 1.41. The smallest absolute Gasteiger partial charge is 0.0832 e. The van der Waals surface area contributed by atoms with Gasteiger partial charge >= 0.3 is 0 Å². The molecule has 0 aliphatic carbocycles. The molecule has 0 unspecified atom stereocenters. The topological polar surface area (TPSA) is 9.23 Å². The third kappa shape index (κ3) is 31.1. The van der Waals surface area contributed by atoms with Gasteiger partial charge in [-0.05, 0) is 0 Å². The monoisotopic (exact) mass is 158 g/mol. The van der Waals surface area contributed by atoms with Crippen molar-refractivity contribution in [3.63, 3.8) is 0 Å². The molecule has 0 aromatic carbocycles. The van der Waals surface area contributed by atoms with Gasteiger partial charge in [0.25, 0.3) is 0 Å². The Kier molecular flexibility index (Phi) is 22.2. The average molecular weight is 159 g/mol. The van der Waals surface area contributed by atoms with Crippen LogP contribution in [0.2, 0.25) is 0 Å². The van der Waals surface area contributed by atoms with E-state index in [2.05, 4.69) is 41.4 Å². The van der Waals surface area contributed by atoms with Gasteiger partial charge in [-0.3, -0.25) is 0 Å². The predicted molar refractivity (Wildman–Crippen MR) is 38.0 cm³/mol. The van der Waals surface area contributed by atoms with Crippen molar-refractivity contribution in [3.8, 4) is 0 Å². The fourth-order valence-electron chi connectivity index (χ4n) is 0.354. The normalized spacial score (nSPS) is 7.50. The maximum Gasteiger partial charge on any atom is 0.0832 e. The summed E-state index contributed by atoms with van der Waals surface area (Å²) in [4.78, 5) is 0. The standard InChI is InChI=1S/C5H12.Cl2O/c1-3-5-4-2;1-3-2/h3-5H2,1-2H3;. The van der Waals surface area contributed by atoms with E-state index in [9.17, 15) is 0 Å². The molecular formula is C5H12Cl2O. The van der Waals surface area contributed by atoms with Gasteiger partial charge in [0.2, 0.25) is 0 Å². The van der Waals surface area contributed by atoms with E-state index in [0.29, 0.717) is 0 Å². The van der Waals surface area contributed by atoms with Crippen LogP contribution in [0, 0.1) is 0 Å². The summed E-state index contributed by atoms with van der Waals surface area (Å²) in [6.45, 7) is 4.42. The van der Waals surface area contributed by atoms with Crippen LogP contribution in [0.25, 0.3) is 0 Å². The van der Waals surface area contributed by atoms with Crippen LogP contribution in [0.1, 0.15) is 33.1 Å². The van der Waals surface area contributed by atoms with Crippen molar-refractivity contribution in [2.75, 3.05) is 0 Å². The summed E-state index contributed by atoms with van der Waals surface area (Å²) in [6.07, 6.45) is 4.08. The summed E-state index contributed by atoms with van der Waals surface area (Å²) in [5, 5.41) is 0. The largest absolute Gasteiger partial charge is 0.166 e. The number of hydrogen-bond acceptors (Lipinski definition) is 1. The maximum absolute atomic E-state index is 4.26. The Hall–Kier alpha value is 0.540. The highest BCUT2D eigenvalue weighted by molar-refractivity contribution is 6.24. The van der Waals surface area contributed by atoms with Crippen molar-refractivity contribution >= 4 is 23.7 Å². The molecule has 0 saturated carbocycles. The molecule has 0 amide bonds. The molecule has 0 aliphatic rings. The first-order valence-electron chi connectivity index (χ1n) is 2.72. The minimum Gasteiger partial charge on any atom is -0.166 e. The van der Waals surface area contributed by atoms with E-state index in [1.54, 1.807) is 0 Å². The van der Waals surface area contributed by atoms with Crippen LogP contribution >= 0.6 is 23.7 Å². The van der Waals surface area contributed by atoms with E-state index < -0.39 is 0 Å². The fourth-order valence-corrected chi connectivity index (χ4v) is 0.354. The zero-order chi connectivity index (χ0) is 6.83. The molecule has 1 nitrogen and oxygen atoms in total. The van der Waals surface area contributed by atoms with E-state index in [1.165, 1.54) is 19.3 Å². The lowest BCUT2D eigenvalue weighted by molar-refractivity contribution is 0.697. The minimum atomic E-state index is 1.34. The first kappa shape index (κ1) is 11.4. The van der Waals surface area contributed by atoms with Crippen molar-refractivity contribution in [1.29, 1.82) is 0 Å². The highest BCUT2D eigenvalue weighted by Crippen LogP contribution is 1.88. The summed E-state index contributed by atoms with van der Waals surface area (Å²) in [5.41, 5.74) is 0. The van der Waals surface area contributed by atoms with Crippen molar-refractivity contribution in [3.05, 3.63) is 0 Å². The lowest BCUT2D eigenvalue weighted by atomic mass is 10.3. The Morgan fingerprint density at radius 2 is 1.38 bits per heavy atom. The van der Waals surface area contributed by atoms with Crippen LogP contribution in [0.4, 0.5) is 0 Å². The van der Waals surface area contributed by atoms with Gasteiger partial charge in [-0.1, -0.05) is 33.1 Å². The molecule has 0 N–H and O–H groups in total. The third-order valence-corrected chi connectivity index (χ3v) is 0.707. The molecule has 0 aliphatic heterocycles.